The molecule has 1 N–H and O–H groups in total. The van der Waals surface area contributed by atoms with E-state index in [2.05, 4.69) is 40.4 Å². The molecule has 2 heterocycles. The van der Waals surface area contributed by atoms with Crippen molar-refractivity contribution in [3.63, 3.8) is 0 Å². The molecule has 5 heteroatoms. The third-order valence-corrected chi connectivity index (χ3v) is 4.51. The number of methoxy groups -OCH3 is 1. The predicted octanol–water partition coefficient (Wildman–Crippen LogP) is 2.78. The van der Waals surface area contributed by atoms with Crippen LogP contribution in [0.2, 0.25) is 0 Å². The first-order valence-electron chi connectivity index (χ1n) is 8.16. The van der Waals surface area contributed by atoms with Crippen LogP contribution in [0.5, 0.6) is 5.75 Å². The molecule has 0 amide bonds. The van der Waals surface area contributed by atoms with Gasteiger partial charge in [0.2, 0.25) is 0 Å². The fourth-order valence-corrected chi connectivity index (χ4v) is 3.37. The Morgan fingerprint density at radius 1 is 1.39 bits per heavy atom. The summed E-state index contributed by atoms with van der Waals surface area (Å²) >= 11 is 0. The number of rotatable bonds is 5. The number of benzene rings is 1. The van der Waals surface area contributed by atoms with Crippen LogP contribution < -0.4 is 4.74 Å². The van der Waals surface area contributed by atoms with Crippen molar-refractivity contribution in [2.24, 2.45) is 0 Å². The number of hydrogen-bond acceptors (Lipinski definition) is 4. The molecule has 0 unspecified atom stereocenters. The van der Waals surface area contributed by atoms with E-state index in [9.17, 15) is 5.11 Å². The number of aliphatic hydroxyl groups excluding tert-OH is 1. The summed E-state index contributed by atoms with van der Waals surface area (Å²) in [6.07, 6.45) is 4.32. The average molecular weight is 315 g/mol. The molecule has 0 radical (unpaired) electrons. The van der Waals surface area contributed by atoms with Crippen LogP contribution in [0.15, 0.2) is 36.7 Å². The van der Waals surface area contributed by atoms with E-state index < -0.39 is 0 Å². The molecule has 1 saturated heterocycles. The topological polar surface area (TPSA) is 50.5 Å². The van der Waals surface area contributed by atoms with Gasteiger partial charge in [0, 0.05) is 31.0 Å². The van der Waals surface area contributed by atoms with Crippen LogP contribution in [0.3, 0.4) is 0 Å². The van der Waals surface area contributed by atoms with Crippen molar-refractivity contribution in [1.82, 2.24) is 14.5 Å². The standard InChI is InChI=1S/C18H25N3O2/c1-13(2)21-8-7-19-18(21)12-20-11-15(22)10-17(20)14-5-4-6-16(9-14)23-3/h4-9,13,15,17,22H,10-12H2,1-3H3/t15-,17+/m0/s1. The monoisotopic (exact) mass is 315 g/mol. The molecule has 0 spiro atoms. The second-order valence-corrected chi connectivity index (χ2v) is 6.46. The number of imidazole rings is 1. The number of nitrogens with zero attached hydrogens (tertiary/aromatic N) is 3. The van der Waals surface area contributed by atoms with Crippen LogP contribution in [0.4, 0.5) is 0 Å². The minimum absolute atomic E-state index is 0.192. The zero-order valence-corrected chi connectivity index (χ0v) is 14.0. The fourth-order valence-electron chi connectivity index (χ4n) is 3.37. The van der Waals surface area contributed by atoms with Gasteiger partial charge in [-0.25, -0.2) is 4.98 Å². The summed E-state index contributed by atoms with van der Waals surface area (Å²) in [6.45, 7) is 5.73. The van der Waals surface area contributed by atoms with E-state index in [1.807, 2.05) is 24.5 Å². The van der Waals surface area contributed by atoms with Crippen LogP contribution in [-0.2, 0) is 6.54 Å². The van der Waals surface area contributed by atoms with Gasteiger partial charge in [-0.15, -0.1) is 0 Å². The van der Waals surface area contributed by atoms with Gasteiger partial charge >= 0.3 is 0 Å². The molecule has 3 rings (SSSR count). The molecule has 0 bridgehead atoms. The Labute approximate surface area is 137 Å². The normalized spacial score (nSPS) is 22.0. The second-order valence-electron chi connectivity index (χ2n) is 6.46. The highest BCUT2D eigenvalue weighted by Crippen LogP contribution is 2.34. The Kier molecular flexibility index (Phi) is 4.68. The van der Waals surface area contributed by atoms with Crippen LogP contribution in [0, 0.1) is 0 Å². The molecule has 1 fully saturated rings. The molecule has 1 aliphatic rings. The Morgan fingerprint density at radius 2 is 2.22 bits per heavy atom. The lowest BCUT2D eigenvalue weighted by atomic mass is 10.0. The number of ether oxygens (including phenoxy) is 1. The minimum Gasteiger partial charge on any atom is -0.497 e. The summed E-state index contributed by atoms with van der Waals surface area (Å²) in [5.41, 5.74) is 1.18. The molecule has 1 aliphatic heterocycles. The third kappa shape index (κ3) is 3.41. The number of likely N-dealkylation sites (tertiary alicyclic amines) is 1. The fraction of sp³-hybridized carbons (Fsp3) is 0.500. The van der Waals surface area contributed by atoms with Crippen molar-refractivity contribution in [3.8, 4) is 5.75 Å². The molecular formula is C18H25N3O2. The van der Waals surface area contributed by atoms with Crippen molar-refractivity contribution in [2.45, 2.75) is 45.0 Å². The number of hydrogen-bond donors (Lipinski definition) is 1. The van der Waals surface area contributed by atoms with Crippen LogP contribution in [0.1, 0.15) is 43.7 Å². The van der Waals surface area contributed by atoms with Gasteiger partial charge in [-0.1, -0.05) is 12.1 Å². The van der Waals surface area contributed by atoms with Gasteiger partial charge in [-0.05, 0) is 38.0 Å². The van der Waals surface area contributed by atoms with Crippen LogP contribution in [-0.4, -0.2) is 39.3 Å². The highest BCUT2D eigenvalue weighted by molar-refractivity contribution is 5.31. The minimum atomic E-state index is -0.298. The van der Waals surface area contributed by atoms with Gasteiger partial charge in [0.25, 0.3) is 0 Å². The maximum Gasteiger partial charge on any atom is 0.123 e. The van der Waals surface area contributed by atoms with E-state index in [0.29, 0.717) is 12.6 Å². The van der Waals surface area contributed by atoms with Crippen LogP contribution in [0.25, 0.3) is 0 Å². The third-order valence-electron chi connectivity index (χ3n) is 4.51. The highest BCUT2D eigenvalue weighted by atomic mass is 16.5. The largest absolute Gasteiger partial charge is 0.497 e. The number of aliphatic hydroxyl groups is 1. The first-order chi connectivity index (χ1) is 11.1. The summed E-state index contributed by atoms with van der Waals surface area (Å²) < 4.78 is 7.52. The average Bonchev–Trinajstić information content (AvgIpc) is 3.14. The van der Waals surface area contributed by atoms with Crippen molar-refractivity contribution in [2.75, 3.05) is 13.7 Å². The maximum absolute atomic E-state index is 10.2. The van der Waals surface area contributed by atoms with Crippen molar-refractivity contribution >= 4 is 0 Å². The van der Waals surface area contributed by atoms with Gasteiger partial charge in [0.15, 0.2) is 0 Å². The number of aromatic nitrogens is 2. The Morgan fingerprint density at radius 3 is 2.96 bits per heavy atom. The van der Waals surface area contributed by atoms with Crippen LogP contribution >= 0.6 is 0 Å². The van der Waals surface area contributed by atoms with E-state index in [4.69, 9.17) is 4.74 Å². The molecule has 1 aromatic heterocycles. The molecule has 124 valence electrons. The van der Waals surface area contributed by atoms with Gasteiger partial charge in [-0.3, -0.25) is 4.90 Å². The molecule has 1 aromatic carbocycles. The Balaban J connectivity index is 1.83. The highest BCUT2D eigenvalue weighted by Gasteiger charge is 2.33. The summed E-state index contributed by atoms with van der Waals surface area (Å²) in [4.78, 5) is 6.81. The van der Waals surface area contributed by atoms with Crippen molar-refractivity contribution in [3.05, 3.63) is 48.0 Å². The lowest BCUT2D eigenvalue weighted by molar-refractivity contribution is 0.170. The lowest BCUT2D eigenvalue weighted by Gasteiger charge is -2.25. The summed E-state index contributed by atoms with van der Waals surface area (Å²) in [6, 6.07) is 8.70. The van der Waals surface area contributed by atoms with E-state index in [1.54, 1.807) is 7.11 Å². The van der Waals surface area contributed by atoms with Gasteiger partial charge in [-0.2, -0.15) is 0 Å². The van der Waals surface area contributed by atoms with Crippen molar-refractivity contribution in [1.29, 1.82) is 0 Å². The molecule has 5 nitrogen and oxygen atoms in total. The Bertz CT molecular complexity index is 653. The van der Waals surface area contributed by atoms with E-state index >= 15 is 0 Å². The predicted molar refractivity (Wildman–Crippen MR) is 89.4 cm³/mol. The Hall–Kier alpha value is -1.85. The van der Waals surface area contributed by atoms with Crippen molar-refractivity contribution < 1.29 is 9.84 Å². The zero-order valence-electron chi connectivity index (χ0n) is 14.0. The first-order valence-corrected chi connectivity index (χ1v) is 8.16. The summed E-state index contributed by atoms with van der Waals surface area (Å²) in [5.74, 6) is 1.90. The smallest absolute Gasteiger partial charge is 0.123 e. The van der Waals surface area contributed by atoms with Gasteiger partial charge in [0.05, 0.1) is 19.8 Å². The quantitative estimate of drug-likeness (QED) is 0.922. The SMILES string of the molecule is COc1cccc([C@H]2C[C@H](O)CN2Cc2nccn2C(C)C)c1. The second kappa shape index (κ2) is 6.72. The molecule has 0 aliphatic carbocycles. The summed E-state index contributed by atoms with van der Waals surface area (Å²) in [7, 11) is 1.68. The lowest BCUT2D eigenvalue weighted by Crippen LogP contribution is -2.26. The van der Waals surface area contributed by atoms with Gasteiger partial charge < -0.3 is 14.4 Å². The molecular weight excluding hydrogens is 290 g/mol. The first kappa shape index (κ1) is 16.0. The molecule has 23 heavy (non-hydrogen) atoms. The van der Waals surface area contributed by atoms with E-state index in [-0.39, 0.29) is 12.1 Å². The molecule has 0 saturated carbocycles. The zero-order chi connectivity index (χ0) is 16.4. The number of β-amino-alcohol motifs (C(OH)–C–C–N with tert-alkyl or cyclic N) is 1. The summed E-state index contributed by atoms with van der Waals surface area (Å²) in [5, 5.41) is 10.2. The van der Waals surface area contributed by atoms with E-state index in [0.717, 1.165) is 24.5 Å². The molecule has 2 aromatic rings. The van der Waals surface area contributed by atoms with E-state index in [1.165, 1.54) is 5.56 Å². The maximum atomic E-state index is 10.2. The van der Waals surface area contributed by atoms with Gasteiger partial charge in [0.1, 0.15) is 11.6 Å². The molecule has 2 atom stereocenters.